The van der Waals surface area contributed by atoms with Crippen molar-refractivity contribution in [2.45, 2.75) is 0 Å². The maximum Gasteiger partial charge on any atom is 0.335 e. The summed E-state index contributed by atoms with van der Waals surface area (Å²) in [4.78, 5) is 20.1. The Morgan fingerprint density at radius 2 is 1.52 bits per heavy atom. The molecule has 0 saturated heterocycles. The van der Waals surface area contributed by atoms with Crippen LogP contribution in [0, 0.1) is 0 Å². The van der Waals surface area contributed by atoms with Crippen LogP contribution < -0.4 is 0 Å². The first-order valence-electron chi connectivity index (χ1n) is 8.51. The predicted octanol–water partition coefficient (Wildman–Crippen LogP) is 4.51. The Bertz CT molecular complexity index is 1090. The van der Waals surface area contributed by atoms with Crippen LogP contribution in [0.2, 0.25) is 0 Å². The highest BCUT2D eigenvalue weighted by Crippen LogP contribution is 2.35. The molecule has 0 aliphatic rings. The first-order chi connectivity index (χ1) is 13.1. The normalized spacial score (nSPS) is 10.7. The van der Waals surface area contributed by atoms with Crippen LogP contribution in [0.15, 0.2) is 79.1 Å². The molecule has 0 saturated carbocycles. The molecule has 0 aliphatic heterocycles. The fourth-order valence-electron chi connectivity index (χ4n) is 3.16. The lowest BCUT2D eigenvalue weighted by atomic mass is 10.1. The van der Waals surface area contributed by atoms with Crippen LogP contribution in [0.25, 0.3) is 33.9 Å². The van der Waals surface area contributed by atoms with Gasteiger partial charge < -0.3 is 9.67 Å². The van der Waals surface area contributed by atoms with Gasteiger partial charge in [-0.3, -0.25) is 4.98 Å². The first-order valence-corrected chi connectivity index (χ1v) is 8.51. The molecule has 132 valence electrons. The number of nitrogens with zero attached hydrogens (tertiary/aromatic N) is 3. The number of carboxylic acids is 1. The van der Waals surface area contributed by atoms with Crippen molar-refractivity contribution < 1.29 is 9.90 Å². The summed E-state index contributed by atoms with van der Waals surface area (Å²) >= 11 is 0. The molecular weight excluding hydrogens is 338 g/mol. The molecule has 4 rings (SSSR count). The molecular formula is C22H17N3O2. The molecule has 0 fully saturated rings. The zero-order chi connectivity index (χ0) is 18.8. The van der Waals surface area contributed by atoms with Gasteiger partial charge in [-0.1, -0.05) is 42.5 Å². The third-order valence-electron chi connectivity index (χ3n) is 4.49. The summed E-state index contributed by atoms with van der Waals surface area (Å²) < 4.78 is 2.04. The van der Waals surface area contributed by atoms with Crippen molar-refractivity contribution in [2.24, 2.45) is 7.05 Å². The SMILES string of the molecule is Cn1c(-c2ccc(C(=O)O)cc2)nc(-c2ccncc2)c1-c1ccccc1. The molecule has 0 spiro atoms. The fourth-order valence-corrected chi connectivity index (χ4v) is 3.16. The van der Waals surface area contributed by atoms with E-state index in [1.165, 1.54) is 0 Å². The largest absolute Gasteiger partial charge is 0.478 e. The van der Waals surface area contributed by atoms with E-state index in [1.807, 2.05) is 41.9 Å². The van der Waals surface area contributed by atoms with Crippen LogP contribution in [0.1, 0.15) is 10.4 Å². The average molecular weight is 355 g/mol. The second kappa shape index (κ2) is 6.88. The zero-order valence-corrected chi connectivity index (χ0v) is 14.7. The van der Waals surface area contributed by atoms with Crippen molar-refractivity contribution in [3.63, 3.8) is 0 Å². The van der Waals surface area contributed by atoms with Gasteiger partial charge in [-0.25, -0.2) is 9.78 Å². The Labute approximate surface area is 156 Å². The minimum atomic E-state index is -0.941. The molecule has 5 heteroatoms. The number of hydrogen-bond acceptors (Lipinski definition) is 3. The standard InChI is InChI=1S/C22H17N3O2/c1-25-20(16-5-3-2-4-6-16)19(15-11-13-23-14-12-15)24-21(25)17-7-9-18(10-8-17)22(26)27/h2-14H,1H3,(H,26,27). The van der Waals surface area contributed by atoms with Crippen LogP contribution >= 0.6 is 0 Å². The molecule has 2 aromatic carbocycles. The van der Waals surface area contributed by atoms with Crippen LogP contribution in [0.4, 0.5) is 0 Å². The number of carbonyl (C=O) groups is 1. The molecule has 1 N–H and O–H groups in total. The van der Waals surface area contributed by atoms with E-state index in [-0.39, 0.29) is 5.56 Å². The first kappa shape index (κ1) is 16.7. The van der Waals surface area contributed by atoms with Gasteiger partial charge in [0.15, 0.2) is 0 Å². The highest BCUT2D eigenvalue weighted by Gasteiger charge is 2.19. The number of hydrogen-bond donors (Lipinski definition) is 1. The summed E-state index contributed by atoms with van der Waals surface area (Å²) in [6.45, 7) is 0. The number of aromatic carboxylic acids is 1. The monoisotopic (exact) mass is 355 g/mol. The highest BCUT2D eigenvalue weighted by molar-refractivity contribution is 5.88. The summed E-state index contributed by atoms with van der Waals surface area (Å²) in [7, 11) is 1.97. The van der Waals surface area contributed by atoms with Crippen LogP contribution in [-0.2, 0) is 7.05 Å². The molecule has 0 radical (unpaired) electrons. The Kier molecular flexibility index (Phi) is 4.26. The lowest BCUT2D eigenvalue weighted by Gasteiger charge is -2.08. The molecule has 0 aliphatic carbocycles. The van der Waals surface area contributed by atoms with Crippen molar-refractivity contribution in [3.8, 4) is 33.9 Å². The number of carboxylic acid groups (broad SMARTS) is 1. The van der Waals surface area contributed by atoms with E-state index < -0.39 is 5.97 Å². The lowest BCUT2D eigenvalue weighted by Crippen LogP contribution is -1.98. The van der Waals surface area contributed by atoms with E-state index in [0.717, 1.165) is 33.9 Å². The maximum absolute atomic E-state index is 11.1. The lowest BCUT2D eigenvalue weighted by molar-refractivity contribution is 0.0697. The Morgan fingerprint density at radius 3 is 2.15 bits per heavy atom. The molecule has 0 amide bonds. The van der Waals surface area contributed by atoms with E-state index in [0.29, 0.717) is 0 Å². The van der Waals surface area contributed by atoms with Crippen molar-refractivity contribution >= 4 is 5.97 Å². The second-order valence-corrected chi connectivity index (χ2v) is 6.18. The van der Waals surface area contributed by atoms with E-state index >= 15 is 0 Å². The third-order valence-corrected chi connectivity index (χ3v) is 4.49. The fraction of sp³-hybridized carbons (Fsp3) is 0.0455. The molecule has 0 bridgehead atoms. The van der Waals surface area contributed by atoms with Crippen molar-refractivity contribution in [2.75, 3.05) is 0 Å². The van der Waals surface area contributed by atoms with Crippen molar-refractivity contribution in [1.82, 2.24) is 14.5 Å². The summed E-state index contributed by atoms with van der Waals surface area (Å²) in [5, 5.41) is 9.12. The quantitative estimate of drug-likeness (QED) is 0.585. The van der Waals surface area contributed by atoms with Gasteiger partial charge in [0.05, 0.1) is 17.0 Å². The van der Waals surface area contributed by atoms with E-state index in [4.69, 9.17) is 10.1 Å². The maximum atomic E-state index is 11.1. The van der Waals surface area contributed by atoms with Crippen LogP contribution in [-0.4, -0.2) is 25.6 Å². The van der Waals surface area contributed by atoms with Gasteiger partial charge in [-0.05, 0) is 24.3 Å². The molecule has 5 nitrogen and oxygen atoms in total. The number of pyridine rings is 1. The summed E-state index contributed by atoms with van der Waals surface area (Å²) in [6, 6.07) is 20.7. The molecule has 2 aromatic heterocycles. The van der Waals surface area contributed by atoms with Gasteiger partial charge in [-0.2, -0.15) is 0 Å². The smallest absolute Gasteiger partial charge is 0.335 e. The van der Waals surface area contributed by atoms with Gasteiger partial charge in [0.2, 0.25) is 0 Å². The topological polar surface area (TPSA) is 68.0 Å². The Morgan fingerprint density at radius 1 is 0.852 bits per heavy atom. The van der Waals surface area contributed by atoms with Crippen molar-refractivity contribution in [1.29, 1.82) is 0 Å². The van der Waals surface area contributed by atoms with E-state index in [1.54, 1.807) is 36.7 Å². The molecule has 0 unspecified atom stereocenters. The number of benzene rings is 2. The van der Waals surface area contributed by atoms with Crippen molar-refractivity contribution in [3.05, 3.63) is 84.7 Å². The van der Waals surface area contributed by atoms with Gasteiger partial charge >= 0.3 is 5.97 Å². The van der Waals surface area contributed by atoms with Gasteiger partial charge in [0.25, 0.3) is 0 Å². The average Bonchev–Trinajstić information content (AvgIpc) is 3.06. The molecule has 0 atom stereocenters. The van der Waals surface area contributed by atoms with Crippen LogP contribution in [0.3, 0.4) is 0 Å². The third kappa shape index (κ3) is 3.11. The van der Waals surface area contributed by atoms with Gasteiger partial charge in [0.1, 0.15) is 5.82 Å². The predicted molar refractivity (Wildman–Crippen MR) is 104 cm³/mol. The van der Waals surface area contributed by atoms with E-state index in [9.17, 15) is 4.79 Å². The second-order valence-electron chi connectivity index (χ2n) is 6.18. The minimum Gasteiger partial charge on any atom is -0.478 e. The Balaban J connectivity index is 1.92. The summed E-state index contributed by atoms with van der Waals surface area (Å²) in [5.74, 6) is -0.165. The summed E-state index contributed by atoms with van der Waals surface area (Å²) in [6.07, 6.45) is 3.50. The number of rotatable bonds is 4. The minimum absolute atomic E-state index is 0.255. The molecule has 4 aromatic rings. The molecule has 2 heterocycles. The van der Waals surface area contributed by atoms with Gasteiger partial charge in [0, 0.05) is 36.1 Å². The summed E-state index contributed by atoms with van der Waals surface area (Å²) in [5.41, 5.74) is 5.02. The Hall–Kier alpha value is -3.73. The van der Waals surface area contributed by atoms with Crippen LogP contribution in [0.5, 0.6) is 0 Å². The van der Waals surface area contributed by atoms with Gasteiger partial charge in [-0.15, -0.1) is 0 Å². The van der Waals surface area contributed by atoms with E-state index in [2.05, 4.69) is 17.1 Å². The number of aromatic nitrogens is 3. The highest BCUT2D eigenvalue weighted by atomic mass is 16.4. The molecule has 27 heavy (non-hydrogen) atoms. The number of imidazole rings is 1. The zero-order valence-electron chi connectivity index (χ0n) is 14.7.